The number of para-hydroxylation sites is 1. The quantitative estimate of drug-likeness (QED) is 0.414. The Morgan fingerprint density at radius 1 is 0.938 bits per heavy atom. The Balaban J connectivity index is 1.74. The van der Waals surface area contributed by atoms with Crippen molar-refractivity contribution in [2.45, 2.75) is 18.4 Å². The minimum absolute atomic E-state index is 0.143. The van der Waals surface area contributed by atoms with Gasteiger partial charge in [0, 0.05) is 19.7 Å². The third-order valence-electron chi connectivity index (χ3n) is 5.15. The number of anilines is 1. The molecule has 4 aromatic rings. The number of sulfonamides is 1. The Hall–Kier alpha value is -3.07. The molecule has 0 unspecified atom stereocenters. The normalized spacial score (nSPS) is 11.8. The molecular weight excluding hydrogens is 442 g/mol. The number of aryl methyl sites for hydroxylation is 1. The molecule has 0 spiro atoms. The number of hydrogen-bond acceptors (Lipinski definition) is 5. The van der Waals surface area contributed by atoms with Crippen molar-refractivity contribution in [3.05, 3.63) is 89.5 Å². The number of rotatable bonds is 6. The lowest BCUT2D eigenvalue weighted by Gasteiger charge is -2.20. The zero-order valence-corrected chi connectivity index (χ0v) is 19.7. The maximum Gasteiger partial charge on any atom is 0.260 e. The van der Waals surface area contributed by atoms with Crippen LogP contribution < -0.4 is 4.90 Å². The maximum absolute atomic E-state index is 13.5. The molecule has 0 aliphatic heterocycles. The van der Waals surface area contributed by atoms with Gasteiger partial charge in [0.25, 0.3) is 5.91 Å². The lowest BCUT2D eigenvalue weighted by molar-refractivity contribution is 0.0985. The van der Waals surface area contributed by atoms with Crippen LogP contribution in [0.3, 0.4) is 0 Å². The summed E-state index contributed by atoms with van der Waals surface area (Å²) in [5.74, 6) is -0.237. The van der Waals surface area contributed by atoms with Crippen molar-refractivity contribution >= 4 is 42.6 Å². The first kappa shape index (κ1) is 22.1. The van der Waals surface area contributed by atoms with E-state index < -0.39 is 10.0 Å². The van der Waals surface area contributed by atoms with Gasteiger partial charge in [0.2, 0.25) is 10.0 Å². The summed E-state index contributed by atoms with van der Waals surface area (Å²) in [5.41, 5.74) is 3.30. The molecule has 0 bridgehead atoms. The highest BCUT2D eigenvalue weighted by molar-refractivity contribution is 7.89. The van der Waals surface area contributed by atoms with Crippen LogP contribution in [0.1, 0.15) is 21.5 Å². The third-order valence-corrected chi connectivity index (χ3v) is 8.02. The molecule has 1 amide bonds. The predicted octanol–water partition coefficient (Wildman–Crippen LogP) is 4.70. The van der Waals surface area contributed by atoms with E-state index in [0.717, 1.165) is 25.6 Å². The van der Waals surface area contributed by atoms with Crippen LogP contribution in [-0.2, 0) is 16.6 Å². The van der Waals surface area contributed by atoms with E-state index in [2.05, 4.69) is 0 Å². The SMILES string of the molecule is Cc1cccc2sc(N(Cc3ccccc3)C(=O)c3ccc(S(=O)(=O)N(C)C)cc3)nc12. The van der Waals surface area contributed by atoms with E-state index in [1.54, 1.807) is 17.0 Å². The highest BCUT2D eigenvalue weighted by Gasteiger charge is 2.23. The van der Waals surface area contributed by atoms with Crippen molar-refractivity contribution in [2.75, 3.05) is 19.0 Å². The molecule has 0 fully saturated rings. The van der Waals surface area contributed by atoms with Gasteiger partial charge in [0.05, 0.1) is 21.7 Å². The standard InChI is InChI=1S/C24H23N3O3S2/c1-17-8-7-11-21-22(17)25-24(31-21)27(16-18-9-5-4-6-10-18)23(28)19-12-14-20(15-13-19)32(29,30)26(2)3/h4-15H,16H2,1-3H3. The molecule has 0 atom stereocenters. The van der Waals surface area contributed by atoms with Gasteiger partial charge < -0.3 is 0 Å². The summed E-state index contributed by atoms with van der Waals surface area (Å²) in [6.07, 6.45) is 0. The van der Waals surface area contributed by atoms with E-state index >= 15 is 0 Å². The minimum atomic E-state index is -3.56. The van der Waals surface area contributed by atoms with E-state index in [4.69, 9.17) is 4.98 Å². The Kier molecular flexibility index (Phi) is 6.10. The predicted molar refractivity (Wildman–Crippen MR) is 129 cm³/mol. The number of amides is 1. The monoisotopic (exact) mass is 465 g/mol. The van der Waals surface area contributed by atoms with Crippen LogP contribution >= 0.6 is 11.3 Å². The van der Waals surface area contributed by atoms with Crippen molar-refractivity contribution in [1.82, 2.24) is 9.29 Å². The zero-order valence-electron chi connectivity index (χ0n) is 18.0. The van der Waals surface area contributed by atoms with Crippen LogP contribution in [0.2, 0.25) is 0 Å². The summed E-state index contributed by atoms with van der Waals surface area (Å²) in [5, 5.41) is 0.605. The second-order valence-corrected chi connectivity index (χ2v) is 10.8. The van der Waals surface area contributed by atoms with Gasteiger partial charge in [0.1, 0.15) is 0 Å². The fourth-order valence-corrected chi connectivity index (χ4v) is 5.26. The van der Waals surface area contributed by atoms with E-state index in [0.29, 0.717) is 17.2 Å². The van der Waals surface area contributed by atoms with Gasteiger partial charge >= 0.3 is 0 Å². The van der Waals surface area contributed by atoms with Gasteiger partial charge in [-0.3, -0.25) is 9.69 Å². The number of aromatic nitrogens is 1. The lowest BCUT2D eigenvalue weighted by Crippen LogP contribution is -2.30. The first-order valence-corrected chi connectivity index (χ1v) is 12.3. The summed E-state index contributed by atoms with van der Waals surface area (Å²) in [6.45, 7) is 2.36. The van der Waals surface area contributed by atoms with E-state index in [9.17, 15) is 13.2 Å². The average molecular weight is 466 g/mol. The number of thiazole rings is 1. The molecule has 8 heteroatoms. The van der Waals surface area contributed by atoms with Gasteiger partial charge in [-0.2, -0.15) is 0 Å². The van der Waals surface area contributed by atoms with E-state index in [1.165, 1.54) is 37.6 Å². The van der Waals surface area contributed by atoms with Gasteiger partial charge in [-0.1, -0.05) is 53.8 Å². The number of carbonyl (C=O) groups is 1. The zero-order chi connectivity index (χ0) is 22.9. The Labute approximate surface area is 191 Å². The summed E-state index contributed by atoms with van der Waals surface area (Å²) < 4.78 is 26.9. The van der Waals surface area contributed by atoms with E-state index in [1.807, 2.05) is 55.5 Å². The summed E-state index contributed by atoms with van der Waals surface area (Å²) in [7, 11) is -0.610. The van der Waals surface area contributed by atoms with Gasteiger partial charge in [-0.15, -0.1) is 0 Å². The Morgan fingerprint density at radius 2 is 1.62 bits per heavy atom. The molecule has 1 aromatic heterocycles. The topological polar surface area (TPSA) is 70.6 Å². The molecule has 164 valence electrons. The Morgan fingerprint density at radius 3 is 2.25 bits per heavy atom. The van der Waals surface area contributed by atoms with Crippen molar-refractivity contribution in [2.24, 2.45) is 0 Å². The van der Waals surface area contributed by atoms with Crippen molar-refractivity contribution in [3.63, 3.8) is 0 Å². The highest BCUT2D eigenvalue weighted by Crippen LogP contribution is 2.32. The molecule has 6 nitrogen and oxygen atoms in total. The molecule has 0 radical (unpaired) electrons. The fourth-order valence-electron chi connectivity index (χ4n) is 3.32. The van der Waals surface area contributed by atoms with E-state index in [-0.39, 0.29) is 10.8 Å². The largest absolute Gasteiger partial charge is 0.279 e. The smallest absolute Gasteiger partial charge is 0.260 e. The van der Waals surface area contributed by atoms with Gasteiger partial charge in [-0.05, 0) is 48.4 Å². The van der Waals surface area contributed by atoms with Crippen molar-refractivity contribution in [3.8, 4) is 0 Å². The average Bonchev–Trinajstić information content (AvgIpc) is 3.23. The number of nitrogens with zero attached hydrogens (tertiary/aromatic N) is 3. The first-order valence-electron chi connectivity index (χ1n) is 10.0. The van der Waals surface area contributed by atoms with Crippen LogP contribution in [0, 0.1) is 6.92 Å². The van der Waals surface area contributed by atoms with Crippen LogP contribution in [0.5, 0.6) is 0 Å². The Bertz CT molecular complexity index is 1360. The van der Waals surface area contributed by atoms with Crippen molar-refractivity contribution in [1.29, 1.82) is 0 Å². The molecule has 0 aliphatic rings. The number of carbonyl (C=O) groups excluding carboxylic acids is 1. The summed E-state index contributed by atoms with van der Waals surface area (Å²) >= 11 is 1.46. The maximum atomic E-state index is 13.5. The molecule has 0 N–H and O–H groups in total. The van der Waals surface area contributed by atoms with Crippen LogP contribution in [0.4, 0.5) is 5.13 Å². The van der Waals surface area contributed by atoms with Crippen LogP contribution in [-0.4, -0.2) is 37.7 Å². The highest BCUT2D eigenvalue weighted by atomic mass is 32.2. The number of hydrogen-bond donors (Lipinski definition) is 0. The molecule has 1 heterocycles. The minimum Gasteiger partial charge on any atom is -0.279 e. The summed E-state index contributed by atoms with van der Waals surface area (Å²) in [6, 6.07) is 21.7. The molecule has 0 saturated carbocycles. The van der Waals surface area contributed by atoms with Gasteiger partial charge in [-0.25, -0.2) is 17.7 Å². The first-order chi connectivity index (χ1) is 15.3. The number of fused-ring (bicyclic) bond motifs is 1. The van der Waals surface area contributed by atoms with Crippen LogP contribution in [0.15, 0.2) is 77.7 Å². The second kappa shape index (κ2) is 8.82. The third kappa shape index (κ3) is 4.29. The fraction of sp³-hybridized carbons (Fsp3) is 0.167. The molecular formula is C24H23N3O3S2. The summed E-state index contributed by atoms with van der Waals surface area (Å²) in [4.78, 5) is 20.1. The molecule has 4 rings (SSSR count). The molecule has 0 saturated heterocycles. The van der Waals surface area contributed by atoms with Gasteiger partial charge in [0.15, 0.2) is 5.13 Å². The molecule has 32 heavy (non-hydrogen) atoms. The van der Waals surface area contributed by atoms with Crippen molar-refractivity contribution < 1.29 is 13.2 Å². The molecule has 0 aliphatic carbocycles. The lowest BCUT2D eigenvalue weighted by atomic mass is 10.1. The number of benzene rings is 3. The molecule has 3 aromatic carbocycles. The second-order valence-electron chi connectivity index (χ2n) is 7.61. The van der Waals surface area contributed by atoms with Crippen LogP contribution in [0.25, 0.3) is 10.2 Å².